The molecule has 0 radical (unpaired) electrons. The van der Waals surface area contributed by atoms with Gasteiger partial charge in [0, 0.05) is 25.2 Å². The fourth-order valence-corrected chi connectivity index (χ4v) is 7.07. The first-order valence-corrected chi connectivity index (χ1v) is 10.7. The number of benzene rings is 1. The molecule has 0 spiro atoms. The Kier molecular flexibility index (Phi) is 4.31. The molecule has 1 aromatic carbocycles. The molecule has 0 aromatic heterocycles. The summed E-state index contributed by atoms with van der Waals surface area (Å²) in [5.74, 6) is 9.03. The van der Waals surface area contributed by atoms with Gasteiger partial charge in [0.25, 0.3) is 0 Å². The van der Waals surface area contributed by atoms with Gasteiger partial charge in [-0.2, -0.15) is 0 Å². The molecule has 2 heteroatoms. The van der Waals surface area contributed by atoms with E-state index in [1.54, 1.807) is 0 Å². The van der Waals surface area contributed by atoms with Crippen LogP contribution in [-0.4, -0.2) is 40.5 Å². The molecule has 1 aliphatic heterocycles. The Morgan fingerprint density at radius 3 is 1.85 bits per heavy atom. The smallest absolute Gasteiger partial charge is 0.0854 e. The van der Waals surface area contributed by atoms with Crippen LogP contribution < -0.4 is 0 Å². The zero-order valence-corrected chi connectivity index (χ0v) is 16.2. The standard InChI is InChI=1S/C25H30N2/c1-3-23-17-26(25-13-20-10-21(14-25)12-22(11-20)15-25)18-24(4-2)27(23)16-19-8-6-5-7-9-19/h1-2,5-9,20-24H,10-18H2. The molecule has 4 saturated carbocycles. The average Bonchev–Trinajstić information content (AvgIpc) is 2.67. The van der Waals surface area contributed by atoms with Crippen molar-refractivity contribution in [1.82, 2.24) is 9.80 Å². The Morgan fingerprint density at radius 1 is 0.852 bits per heavy atom. The minimum absolute atomic E-state index is 0.105. The second-order valence-corrected chi connectivity index (χ2v) is 9.57. The lowest BCUT2D eigenvalue weighted by Crippen LogP contribution is -2.67. The Balaban J connectivity index is 1.39. The third kappa shape index (κ3) is 3.00. The minimum atomic E-state index is 0.105. The summed E-state index contributed by atoms with van der Waals surface area (Å²) in [6.07, 6.45) is 20.6. The van der Waals surface area contributed by atoms with Crippen molar-refractivity contribution in [1.29, 1.82) is 0 Å². The van der Waals surface area contributed by atoms with Gasteiger partial charge in [0.2, 0.25) is 0 Å². The van der Waals surface area contributed by atoms with Gasteiger partial charge in [0.05, 0.1) is 12.1 Å². The summed E-state index contributed by atoms with van der Waals surface area (Å²) in [6.45, 7) is 2.81. The van der Waals surface area contributed by atoms with Gasteiger partial charge in [-0.05, 0) is 61.8 Å². The van der Waals surface area contributed by atoms with Crippen LogP contribution in [0, 0.1) is 42.4 Å². The van der Waals surface area contributed by atoms with Crippen molar-refractivity contribution in [3.8, 4) is 24.7 Å². The van der Waals surface area contributed by atoms with Crippen molar-refractivity contribution in [2.75, 3.05) is 13.1 Å². The number of terminal acetylenes is 2. The molecule has 5 fully saturated rings. The van der Waals surface area contributed by atoms with Crippen molar-refractivity contribution < 1.29 is 0 Å². The quantitative estimate of drug-likeness (QED) is 0.759. The molecule has 4 bridgehead atoms. The molecule has 0 amide bonds. The monoisotopic (exact) mass is 358 g/mol. The average molecular weight is 359 g/mol. The second-order valence-electron chi connectivity index (χ2n) is 9.57. The van der Waals surface area contributed by atoms with Crippen LogP contribution in [0.4, 0.5) is 0 Å². The van der Waals surface area contributed by atoms with Crippen molar-refractivity contribution in [3.63, 3.8) is 0 Å². The van der Waals surface area contributed by atoms with Gasteiger partial charge < -0.3 is 0 Å². The highest BCUT2D eigenvalue weighted by Crippen LogP contribution is 2.58. The van der Waals surface area contributed by atoms with E-state index in [9.17, 15) is 0 Å². The maximum atomic E-state index is 6.03. The summed E-state index contributed by atoms with van der Waals surface area (Å²) < 4.78 is 0. The zero-order chi connectivity index (χ0) is 18.4. The van der Waals surface area contributed by atoms with Crippen LogP contribution in [0.2, 0.25) is 0 Å². The topological polar surface area (TPSA) is 6.48 Å². The Bertz CT molecular complexity index is 708. The largest absolute Gasteiger partial charge is 0.293 e. The molecule has 27 heavy (non-hydrogen) atoms. The Morgan fingerprint density at radius 2 is 1.37 bits per heavy atom. The molecule has 2 nitrogen and oxygen atoms in total. The summed E-state index contributed by atoms with van der Waals surface area (Å²) >= 11 is 0. The first-order valence-electron chi connectivity index (χ1n) is 10.7. The highest BCUT2D eigenvalue weighted by molar-refractivity contribution is 5.21. The molecule has 5 aliphatic rings. The molecule has 6 rings (SSSR count). The summed E-state index contributed by atoms with van der Waals surface area (Å²) in [4.78, 5) is 5.13. The fourth-order valence-electron chi connectivity index (χ4n) is 7.07. The van der Waals surface area contributed by atoms with E-state index in [2.05, 4.69) is 52.0 Å². The lowest BCUT2D eigenvalue weighted by atomic mass is 9.52. The number of piperazine rings is 1. The van der Waals surface area contributed by atoms with Crippen LogP contribution in [0.3, 0.4) is 0 Å². The SMILES string of the molecule is C#CC1CN(C23CC4CC(CC(C4)C2)C3)CC(C#C)N1Cc1ccccc1. The normalized spacial score (nSPS) is 41.2. The summed E-state index contributed by atoms with van der Waals surface area (Å²) in [5, 5.41) is 0. The van der Waals surface area contributed by atoms with Crippen molar-refractivity contribution in [2.45, 2.75) is 62.7 Å². The molecule has 1 aromatic rings. The predicted octanol–water partition coefficient (Wildman–Crippen LogP) is 3.78. The highest BCUT2D eigenvalue weighted by Gasteiger charge is 2.55. The van der Waals surface area contributed by atoms with Gasteiger partial charge in [-0.3, -0.25) is 9.80 Å². The number of hydrogen-bond donors (Lipinski definition) is 0. The van der Waals surface area contributed by atoms with Gasteiger partial charge in [-0.15, -0.1) is 12.8 Å². The van der Waals surface area contributed by atoms with Crippen molar-refractivity contribution >= 4 is 0 Å². The van der Waals surface area contributed by atoms with Crippen LogP contribution in [-0.2, 0) is 6.54 Å². The summed E-state index contributed by atoms with van der Waals surface area (Å²) in [6, 6.07) is 10.8. The first kappa shape index (κ1) is 17.4. The molecule has 2 unspecified atom stereocenters. The van der Waals surface area contributed by atoms with Crippen LogP contribution in [0.15, 0.2) is 30.3 Å². The number of rotatable bonds is 3. The molecule has 0 N–H and O–H groups in total. The first-order chi connectivity index (χ1) is 13.2. The number of hydrogen-bond acceptors (Lipinski definition) is 2. The third-order valence-electron chi connectivity index (χ3n) is 7.86. The number of nitrogens with zero attached hydrogens (tertiary/aromatic N) is 2. The molecule has 1 heterocycles. The van der Waals surface area contributed by atoms with E-state index in [1.807, 2.05) is 0 Å². The zero-order valence-electron chi connectivity index (χ0n) is 16.2. The predicted molar refractivity (Wildman–Crippen MR) is 110 cm³/mol. The molecular formula is C25H30N2. The molecule has 2 atom stereocenters. The van der Waals surface area contributed by atoms with E-state index in [1.165, 1.54) is 44.1 Å². The van der Waals surface area contributed by atoms with Crippen LogP contribution in [0.1, 0.15) is 44.1 Å². The van der Waals surface area contributed by atoms with E-state index in [4.69, 9.17) is 12.8 Å². The summed E-state index contributed by atoms with van der Waals surface area (Å²) in [5.41, 5.74) is 1.68. The lowest BCUT2D eigenvalue weighted by Gasteiger charge is -2.62. The Labute approximate surface area is 164 Å². The Hall–Kier alpha value is -1.74. The molecule has 140 valence electrons. The minimum Gasteiger partial charge on any atom is -0.293 e. The lowest BCUT2D eigenvalue weighted by molar-refractivity contribution is -0.112. The van der Waals surface area contributed by atoms with Crippen LogP contribution in [0.25, 0.3) is 0 Å². The molecule has 1 saturated heterocycles. The molecular weight excluding hydrogens is 328 g/mol. The van der Waals surface area contributed by atoms with Gasteiger partial charge in [0.1, 0.15) is 0 Å². The summed E-state index contributed by atoms with van der Waals surface area (Å²) in [7, 11) is 0. The van der Waals surface area contributed by atoms with Gasteiger partial charge >= 0.3 is 0 Å². The highest BCUT2D eigenvalue weighted by atomic mass is 15.3. The van der Waals surface area contributed by atoms with Crippen LogP contribution in [0.5, 0.6) is 0 Å². The van der Waals surface area contributed by atoms with E-state index in [-0.39, 0.29) is 12.1 Å². The van der Waals surface area contributed by atoms with E-state index >= 15 is 0 Å². The fraction of sp³-hybridized carbons (Fsp3) is 0.600. The van der Waals surface area contributed by atoms with Gasteiger partial charge in [-0.1, -0.05) is 42.2 Å². The second kappa shape index (κ2) is 6.70. The molecule has 4 aliphatic carbocycles. The van der Waals surface area contributed by atoms with Gasteiger partial charge in [0.15, 0.2) is 0 Å². The van der Waals surface area contributed by atoms with E-state index in [0.717, 1.165) is 37.4 Å². The maximum absolute atomic E-state index is 6.03. The van der Waals surface area contributed by atoms with Crippen molar-refractivity contribution in [3.05, 3.63) is 35.9 Å². The van der Waals surface area contributed by atoms with E-state index in [0.29, 0.717) is 5.54 Å². The van der Waals surface area contributed by atoms with Crippen LogP contribution >= 0.6 is 0 Å². The third-order valence-corrected chi connectivity index (χ3v) is 7.86. The van der Waals surface area contributed by atoms with Gasteiger partial charge in [-0.25, -0.2) is 0 Å². The van der Waals surface area contributed by atoms with E-state index < -0.39 is 0 Å². The van der Waals surface area contributed by atoms with Crippen molar-refractivity contribution in [2.24, 2.45) is 17.8 Å². The maximum Gasteiger partial charge on any atom is 0.0854 e.